The van der Waals surface area contributed by atoms with E-state index in [-0.39, 0.29) is 11.2 Å². The first kappa shape index (κ1) is 17.6. The first-order valence-corrected chi connectivity index (χ1v) is 8.80. The molecule has 6 nitrogen and oxygen atoms in total. The predicted octanol–water partition coefficient (Wildman–Crippen LogP) is 4.58. The zero-order chi connectivity index (χ0) is 19.8. The van der Waals surface area contributed by atoms with Crippen LogP contribution in [0.4, 0.5) is 5.69 Å². The van der Waals surface area contributed by atoms with Crippen molar-refractivity contribution in [1.82, 2.24) is 9.55 Å². The van der Waals surface area contributed by atoms with Crippen molar-refractivity contribution in [1.29, 1.82) is 0 Å². The fourth-order valence-corrected chi connectivity index (χ4v) is 3.16. The van der Waals surface area contributed by atoms with Crippen LogP contribution in [0.5, 0.6) is 0 Å². The molecule has 0 fully saturated rings. The van der Waals surface area contributed by atoms with Gasteiger partial charge in [-0.3, -0.25) is 19.5 Å². The number of para-hydroxylation sites is 1. The monoisotopic (exact) mass is 371 g/mol. The molecule has 0 aliphatic carbocycles. The van der Waals surface area contributed by atoms with E-state index in [1.54, 1.807) is 28.8 Å². The third-order valence-corrected chi connectivity index (χ3v) is 4.86. The van der Waals surface area contributed by atoms with Gasteiger partial charge < -0.3 is 0 Å². The highest BCUT2D eigenvalue weighted by atomic mass is 16.6. The van der Waals surface area contributed by atoms with Crippen molar-refractivity contribution in [3.05, 3.63) is 98.3 Å². The number of aromatic nitrogens is 2. The molecule has 1 aromatic heterocycles. The first-order valence-electron chi connectivity index (χ1n) is 8.80. The summed E-state index contributed by atoms with van der Waals surface area (Å²) >= 11 is 0. The van der Waals surface area contributed by atoms with Gasteiger partial charge in [0.05, 0.1) is 21.5 Å². The average molecular weight is 371 g/mol. The highest BCUT2D eigenvalue weighted by Gasteiger charge is 2.16. The minimum absolute atomic E-state index is 0.00961. The van der Waals surface area contributed by atoms with Crippen molar-refractivity contribution in [2.45, 2.75) is 13.8 Å². The Kier molecular flexibility index (Phi) is 4.24. The van der Waals surface area contributed by atoms with Gasteiger partial charge in [0.25, 0.3) is 11.2 Å². The summed E-state index contributed by atoms with van der Waals surface area (Å²) in [5, 5.41) is 11.5. The number of nitro benzene ring substituents is 1. The summed E-state index contributed by atoms with van der Waals surface area (Å²) in [7, 11) is 0. The Bertz CT molecular complexity index is 1270. The van der Waals surface area contributed by atoms with Crippen LogP contribution < -0.4 is 5.56 Å². The Morgan fingerprint density at radius 1 is 0.929 bits per heavy atom. The van der Waals surface area contributed by atoms with Crippen LogP contribution in [0.3, 0.4) is 0 Å². The lowest BCUT2D eigenvalue weighted by molar-refractivity contribution is -0.384. The largest absolute Gasteiger partial charge is 0.269 e. The van der Waals surface area contributed by atoms with Crippen LogP contribution in [0.15, 0.2) is 71.5 Å². The Balaban J connectivity index is 2.04. The number of fused-ring (bicyclic) bond motifs is 1. The zero-order valence-electron chi connectivity index (χ0n) is 15.4. The molecular weight excluding hydrogens is 354 g/mol. The molecule has 0 N–H and O–H groups in total. The zero-order valence-corrected chi connectivity index (χ0v) is 15.4. The smallest absolute Gasteiger partial charge is 0.268 e. The van der Waals surface area contributed by atoms with Crippen LogP contribution in [0.25, 0.3) is 28.0 Å². The molecule has 0 aliphatic rings. The second kappa shape index (κ2) is 6.74. The van der Waals surface area contributed by atoms with Gasteiger partial charge in [-0.1, -0.05) is 18.2 Å². The SMILES string of the molecule is Cc1ccc(-n2c(-c3ccc([N+](=O)[O-])cc3)nc3ccccc3c2=O)cc1C. The maximum absolute atomic E-state index is 13.3. The maximum atomic E-state index is 13.3. The lowest BCUT2D eigenvalue weighted by atomic mass is 10.1. The van der Waals surface area contributed by atoms with Gasteiger partial charge in [0.2, 0.25) is 0 Å². The van der Waals surface area contributed by atoms with E-state index in [0.29, 0.717) is 28.0 Å². The Morgan fingerprint density at radius 2 is 1.64 bits per heavy atom. The van der Waals surface area contributed by atoms with Crippen molar-refractivity contribution in [3.8, 4) is 17.1 Å². The van der Waals surface area contributed by atoms with Gasteiger partial charge in [0.15, 0.2) is 0 Å². The molecule has 3 aromatic carbocycles. The van der Waals surface area contributed by atoms with Crippen molar-refractivity contribution in [2.75, 3.05) is 0 Å². The van der Waals surface area contributed by atoms with Crippen molar-refractivity contribution < 1.29 is 4.92 Å². The van der Waals surface area contributed by atoms with E-state index >= 15 is 0 Å². The molecular formula is C22H17N3O3. The van der Waals surface area contributed by atoms with Crippen LogP contribution in [0, 0.1) is 24.0 Å². The molecule has 0 bridgehead atoms. The van der Waals surface area contributed by atoms with Crippen molar-refractivity contribution in [2.24, 2.45) is 0 Å². The summed E-state index contributed by atoms with van der Waals surface area (Å²) in [6.07, 6.45) is 0. The number of non-ortho nitro benzene ring substituents is 1. The molecule has 0 saturated heterocycles. The quantitative estimate of drug-likeness (QED) is 0.390. The molecule has 0 aliphatic heterocycles. The summed E-state index contributed by atoms with van der Waals surface area (Å²) in [4.78, 5) is 28.5. The Hall–Kier alpha value is -3.80. The summed E-state index contributed by atoms with van der Waals surface area (Å²) in [5.41, 5.74) is 3.92. The van der Waals surface area contributed by atoms with Gasteiger partial charge in [-0.25, -0.2) is 4.98 Å². The van der Waals surface area contributed by atoms with Gasteiger partial charge in [-0.05, 0) is 61.4 Å². The number of benzene rings is 3. The minimum atomic E-state index is -0.450. The molecule has 0 atom stereocenters. The second-order valence-electron chi connectivity index (χ2n) is 6.67. The van der Waals surface area contributed by atoms with E-state index in [2.05, 4.69) is 0 Å². The van der Waals surface area contributed by atoms with Crippen LogP contribution in [0.2, 0.25) is 0 Å². The topological polar surface area (TPSA) is 78.0 Å². The molecule has 0 radical (unpaired) electrons. The Morgan fingerprint density at radius 3 is 2.32 bits per heavy atom. The minimum Gasteiger partial charge on any atom is -0.268 e. The molecule has 28 heavy (non-hydrogen) atoms. The fraction of sp³-hybridized carbons (Fsp3) is 0.0909. The van der Waals surface area contributed by atoms with Gasteiger partial charge in [-0.15, -0.1) is 0 Å². The van der Waals surface area contributed by atoms with E-state index in [9.17, 15) is 14.9 Å². The van der Waals surface area contributed by atoms with Crippen molar-refractivity contribution >= 4 is 16.6 Å². The second-order valence-corrected chi connectivity index (χ2v) is 6.67. The normalized spacial score (nSPS) is 10.9. The summed E-state index contributed by atoms with van der Waals surface area (Å²) in [6.45, 7) is 4.00. The van der Waals surface area contributed by atoms with E-state index in [1.165, 1.54) is 12.1 Å². The van der Waals surface area contributed by atoms with Gasteiger partial charge >= 0.3 is 0 Å². The number of aryl methyl sites for hydroxylation is 2. The first-order chi connectivity index (χ1) is 13.5. The summed E-state index contributed by atoms with van der Waals surface area (Å²) < 4.78 is 1.57. The third-order valence-electron chi connectivity index (χ3n) is 4.86. The van der Waals surface area contributed by atoms with E-state index in [1.807, 2.05) is 44.2 Å². The standard InChI is InChI=1S/C22H17N3O3/c1-14-7-10-18(13-15(14)2)24-21(16-8-11-17(12-9-16)25(27)28)23-20-6-4-3-5-19(20)22(24)26/h3-13H,1-2H3. The number of hydrogen-bond acceptors (Lipinski definition) is 4. The molecule has 6 heteroatoms. The van der Waals surface area contributed by atoms with E-state index in [4.69, 9.17) is 4.98 Å². The summed E-state index contributed by atoms with van der Waals surface area (Å²) in [5.74, 6) is 0.446. The molecule has 4 rings (SSSR count). The van der Waals surface area contributed by atoms with Gasteiger partial charge in [0, 0.05) is 17.7 Å². The predicted molar refractivity (Wildman–Crippen MR) is 109 cm³/mol. The molecule has 1 heterocycles. The highest BCUT2D eigenvalue weighted by molar-refractivity contribution is 5.80. The van der Waals surface area contributed by atoms with Crippen LogP contribution in [0.1, 0.15) is 11.1 Å². The average Bonchev–Trinajstić information content (AvgIpc) is 2.70. The Labute approximate surface area is 160 Å². The van der Waals surface area contributed by atoms with E-state index in [0.717, 1.165) is 11.1 Å². The van der Waals surface area contributed by atoms with Crippen LogP contribution in [-0.4, -0.2) is 14.5 Å². The van der Waals surface area contributed by atoms with Gasteiger partial charge in [-0.2, -0.15) is 0 Å². The maximum Gasteiger partial charge on any atom is 0.269 e. The van der Waals surface area contributed by atoms with Gasteiger partial charge in [0.1, 0.15) is 5.82 Å². The molecule has 0 amide bonds. The number of hydrogen-bond donors (Lipinski definition) is 0. The lowest BCUT2D eigenvalue weighted by Crippen LogP contribution is -2.22. The molecule has 4 aromatic rings. The van der Waals surface area contributed by atoms with Crippen LogP contribution >= 0.6 is 0 Å². The molecule has 0 unspecified atom stereocenters. The van der Waals surface area contributed by atoms with Crippen LogP contribution in [-0.2, 0) is 0 Å². The molecule has 138 valence electrons. The fourth-order valence-electron chi connectivity index (χ4n) is 3.16. The number of nitro groups is 1. The third kappa shape index (κ3) is 2.95. The lowest BCUT2D eigenvalue weighted by Gasteiger charge is -2.15. The number of rotatable bonds is 3. The summed E-state index contributed by atoms with van der Waals surface area (Å²) in [6, 6.07) is 19.0. The number of nitrogens with zero attached hydrogens (tertiary/aromatic N) is 3. The van der Waals surface area contributed by atoms with E-state index < -0.39 is 4.92 Å². The van der Waals surface area contributed by atoms with Crippen molar-refractivity contribution in [3.63, 3.8) is 0 Å². The molecule has 0 spiro atoms. The molecule has 0 saturated carbocycles. The highest BCUT2D eigenvalue weighted by Crippen LogP contribution is 2.25.